The Kier molecular flexibility index (Phi) is 42.4. The summed E-state index contributed by atoms with van der Waals surface area (Å²) in [4.78, 5) is 53.2. The number of aliphatic hydroxyl groups excluding tert-OH is 2. The number of likely N-dealkylation sites (N-methyl/N-ethyl adjacent to an activating group) is 1. The van der Waals surface area contributed by atoms with Crippen molar-refractivity contribution in [2.75, 3.05) is 46.6 Å². The van der Waals surface area contributed by atoms with E-state index < -0.39 is 30.8 Å². The molecular formula is C51H97NO10. The molecule has 0 spiro atoms. The summed E-state index contributed by atoms with van der Waals surface area (Å²) in [5, 5.41) is 19.2. The molecule has 0 bridgehead atoms. The minimum Gasteiger partial charge on any atom is -0.465 e. The molecule has 0 heterocycles. The van der Waals surface area contributed by atoms with Crippen LogP contribution in [0.15, 0.2) is 0 Å². The van der Waals surface area contributed by atoms with E-state index in [2.05, 4.69) is 27.7 Å². The SMILES string of the molecule is CCCCCCCCC(CCCCCC)C(=O)OCCCCCC(=O)OCC(CN(C)CC(O)CO)OC(=O)CCCCCOC(=O)C(CCCCCC)CCCCCCCC. The maximum atomic E-state index is 13.0. The number of esters is 4. The lowest BCUT2D eigenvalue weighted by Crippen LogP contribution is -2.40. The van der Waals surface area contributed by atoms with Crippen LogP contribution in [0.4, 0.5) is 0 Å². The largest absolute Gasteiger partial charge is 0.465 e. The quantitative estimate of drug-likeness (QED) is 0.0342. The summed E-state index contributed by atoms with van der Waals surface area (Å²) in [5.41, 5.74) is 0. The highest BCUT2D eigenvalue weighted by Crippen LogP contribution is 2.22. The Balaban J connectivity index is 4.72. The second-order valence-electron chi connectivity index (χ2n) is 18.0. The van der Waals surface area contributed by atoms with Crippen LogP contribution in [-0.2, 0) is 38.1 Å². The molecule has 0 saturated carbocycles. The summed E-state index contributed by atoms with van der Waals surface area (Å²) >= 11 is 0. The van der Waals surface area contributed by atoms with Crippen LogP contribution in [0.5, 0.6) is 0 Å². The molecule has 0 saturated heterocycles. The van der Waals surface area contributed by atoms with E-state index in [1.54, 1.807) is 11.9 Å². The molecule has 0 amide bonds. The van der Waals surface area contributed by atoms with Crippen molar-refractivity contribution >= 4 is 23.9 Å². The number of hydrogen-bond acceptors (Lipinski definition) is 11. The van der Waals surface area contributed by atoms with E-state index >= 15 is 0 Å². The van der Waals surface area contributed by atoms with E-state index in [4.69, 9.17) is 18.9 Å². The van der Waals surface area contributed by atoms with Gasteiger partial charge in [0.2, 0.25) is 0 Å². The molecule has 4 unspecified atom stereocenters. The Bertz CT molecular complexity index is 1060. The molecule has 11 nitrogen and oxygen atoms in total. The van der Waals surface area contributed by atoms with Gasteiger partial charge < -0.3 is 29.2 Å². The number of ether oxygens (including phenoxy) is 4. The Morgan fingerprint density at radius 1 is 0.468 bits per heavy atom. The Labute approximate surface area is 379 Å². The summed E-state index contributed by atoms with van der Waals surface area (Å²) in [5.74, 6) is -1.03. The number of rotatable bonds is 46. The van der Waals surface area contributed by atoms with E-state index in [0.717, 1.165) is 70.6 Å². The van der Waals surface area contributed by atoms with Crippen LogP contribution in [0, 0.1) is 11.8 Å². The van der Waals surface area contributed by atoms with Crippen molar-refractivity contribution in [2.24, 2.45) is 11.8 Å². The second-order valence-corrected chi connectivity index (χ2v) is 18.0. The van der Waals surface area contributed by atoms with Gasteiger partial charge >= 0.3 is 23.9 Å². The number of aliphatic hydroxyl groups is 2. The number of nitrogens with zero attached hydrogens (tertiary/aromatic N) is 1. The lowest BCUT2D eigenvalue weighted by atomic mass is 9.94. The maximum absolute atomic E-state index is 13.0. The van der Waals surface area contributed by atoms with Gasteiger partial charge in [-0.05, 0) is 71.3 Å². The maximum Gasteiger partial charge on any atom is 0.308 e. The second kappa shape index (κ2) is 44.0. The molecule has 0 aromatic rings. The smallest absolute Gasteiger partial charge is 0.308 e. The molecule has 0 aromatic carbocycles. The molecule has 0 radical (unpaired) electrons. The monoisotopic (exact) mass is 884 g/mol. The van der Waals surface area contributed by atoms with Crippen molar-refractivity contribution in [3.8, 4) is 0 Å². The van der Waals surface area contributed by atoms with Gasteiger partial charge in [0.05, 0.1) is 37.8 Å². The van der Waals surface area contributed by atoms with Crippen molar-refractivity contribution in [2.45, 2.75) is 245 Å². The average Bonchev–Trinajstić information content (AvgIpc) is 3.25. The number of carbonyl (C=O) groups is 4. The highest BCUT2D eigenvalue weighted by molar-refractivity contribution is 5.73. The molecule has 11 heteroatoms. The molecule has 4 atom stereocenters. The first-order valence-corrected chi connectivity index (χ1v) is 25.8. The Morgan fingerprint density at radius 3 is 1.26 bits per heavy atom. The van der Waals surface area contributed by atoms with E-state index in [1.165, 1.54) is 89.9 Å². The molecule has 62 heavy (non-hydrogen) atoms. The van der Waals surface area contributed by atoms with Gasteiger partial charge in [-0.3, -0.25) is 24.1 Å². The van der Waals surface area contributed by atoms with Crippen molar-refractivity contribution in [1.29, 1.82) is 0 Å². The third-order valence-electron chi connectivity index (χ3n) is 11.8. The van der Waals surface area contributed by atoms with Gasteiger partial charge in [0.15, 0.2) is 0 Å². The molecule has 2 N–H and O–H groups in total. The fraction of sp³-hybridized carbons (Fsp3) is 0.922. The molecule has 366 valence electrons. The van der Waals surface area contributed by atoms with E-state index in [0.29, 0.717) is 45.3 Å². The molecular weight excluding hydrogens is 787 g/mol. The zero-order valence-electron chi connectivity index (χ0n) is 40.8. The van der Waals surface area contributed by atoms with Gasteiger partial charge in [-0.2, -0.15) is 0 Å². The average molecular weight is 884 g/mol. The van der Waals surface area contributed by atoms with Gasteiger partial charge in [-0.1, -0.05) is 156 Å². The third-order valence-corrected chi connectivity index (χ3v) is 11.8. The van der Waals surface area contributed by atoms with Crippen LogP contribution in [-0.4, -0.2) is 97.8 Å². The molecule has 0 aromatic heterocycles. The summed E-state index contributed by atoms with van der Waals surface area (Å²) < 4.78 is 22.7. The van der Waals surface area contributed by atoms with Crippen molar-refractivity contribution in [1.82, 2.24) is 4.90 Å². The fourth-order valence-electron chi connectivity index (χ4n) is 7.88. The van der Waals surface area contributed by atoms with Crippen LogP contribution >= 0.6 is 0 Å². The topological polar surface area (TPSA) is 149 Å². The van der Waals surface area contributed by atoms with Gasteiger partial charge in [-0.15, -0.1) is 0 Å². The van der Waals surface area contributed by atoms with Crippen LogP contribution in [0.3, 0.4) is 0 Å². The zero-order valence-corrected chi connectivity index (χ0v) is 40.8. The van der Waals surface area contributed by atoms with Gasteiger partial charge in [0, 0.05) is 25.9 Å². The first-order valence-electron chi connectivity index (χ1n) is 25.8. The van der Waals surface area contributed by atoms with Crippen LogP contribution < -0.4 is 0 Å². The minimum absolute atomic E-state index is 0.0280. The zero-order chi connectivity index (χ0) is 45.9. The van der Waals surface area contributed by atoms with E-state index in [9.17, 15) is 29.4 Å². The Morgan fingerprint density at radius 2 is 0.839 bits per heavy atom. The lowest BCUT2D eigenvalue weighted by Gasteiger charge is -2.25. The summed E-state index contributed by atoms with van der Waals surface area (Å²) in [7, 11) is 1.74. The first-order chi connectivity index (χ1) is 30.1. The first kappa shape index (κ1) is 59.8. The van der Waals surface area contributed by atoms with Crippen molar-refractivity contribution in [3.05, 3.63) is 0 Å². The predicted octanol–water partition coefficient (Wildman–Crippen LogP) is 11.6. The summed E-state index contributed by atoms with van der Waals surface area (Å²) in [6.07, 6.45) is 29.8. The van der Waals surface area contributed by atoms with Crippen LogP contribution in [0.2, 0.25) is 0 Å². The third kappa shape index (κ3) is 37.2. The minimum atomic E-state index is -0.948. The summed E-state index contributed by atoms with van der Waals surface area (Å²) in [6.45, 7) is 9.39. The molecule has 0 aliphatic rings. The standard InChI is InChI=1S/C51H97NO10/c1-6-10-14-18-20-26-34-44(32-24-16-12-8-3)50(57)59-38-30-22-28-36-48(55)61-43-47(41-52(5)40-46(54)42-53)62-49(56)37-29-23-31-39-60-51(58)45(33-25-17-13-9-4)35-27-21-19-15-11-7-2/h44-47,53-54H,6-43H2,1-5H3. The summed E-state index contributed by atoms with van der Waals surface area (Å²) in [6, 6.07) is 0. The molecule has 0 aliphatic carbocycles. The molecule has 0 rings (SSSR count). The Hall–Kier alpha value is -2.24. The van der Waals surface area contributed by atoms with Crippen molar-refractivity contribution in [3.63, 3.8) is 0 Å². The number of unbranched alkanes of at least 4 members (excludes halogenated alkanes) is 20. The van der Waals surface area contributed by atoms with E-state index in [1.807, 2.05) is 0 Å². The van der Waals surface area contributed by atoms with Gasteiger partial charge in [0.1, 0.15) is 12.7 Å². The highest BCUT2D eigenvalue weighted by atomic mass is 16.6. The van der Waals surface area contributed by atoms with E-state index in [-0.39, 0.29) is 56.3 Å². The number of carbonyl (C=O) groups excluding carboxylic acids is 4. The predicted molar refractivity (Wildman–Crippen MR) is 251 cm³/mol. The van der Waals surface area contributed by atoms with Crippen LogP contribution in [0.25, 0.3) is 0 Å². The van der Waals surface area contributed by atoms with Crippen molar-refractivity contribution < 1.29 is 48.3 Å². The molecule has 0 aliphatic heterocycles. The van der Waals surface area contributed by atoms with Gasteiger partial charge in [0.25, 0.3) is 0 Å². The fourth-order valence-corrected chi connectivity index (χ4v) is 7.88. The van der Waals surface area contributed by atoms with Gasteiger partial charge in [-0.25, -0.2) is 0 Å². The lowest BCUT2D eigenvalue weighted by molar-refractivity contribution is -0.160. The molecule has 0 fully saturated rings. The normalized spacial score (nSPS) is 13.4. The highest BCUT2D eigenvalue weighted by Gasteiger charge is 2.22. The number of hydrogen-bond donors (Lipinski definition) is 2. The van der Waals surface area contributed by atoms with Crippen LogP contribution in [0.1, 0.15) is 233 Å².